The van der Waals surface area contributed by atoms with Crippen LogP contribution in [0, 0.1) is 11.3 Å². The zero-order valence-electron chi connectivity index (χ0n) is 24.9. The number of fused-ring (bicyclic) bond motifs is 6. The van der Waals surface area contributed by atoms with E-state index in [9.17, 15) is 5.26 Å². The van der Waals surface area contributed by atoms with Crippen LogP contribution in [0.1, 0.15) is 5.56 Å². The molecule has 9 aromatic rings. The Balaban J connectivity index is 1.41. The van der Waals surface area contributed by atoms with Crippen LogP contribution in [0.3, 0.4) is 0 Å². The number of para-hydroxylation sites is 6. The van der Waals surface area contributed by atoms with E-state index in [2.05, 4.69) is 155 Å². The topological polar surface area (TPSA) is 33.6 Å². The van der Waals surface area contributed by atoms with Crippen molar-refractivity contribution in [1.29, 1.82) is 5.26 Å². The van der Waals surface area contributed by atoms with Crippen molar-refractivity contribution in [1.82, 2.24) is 9.13 Å². The van der Waals surface area contributed by atoms with Gasteiger partial charge in [-0.3, -0.25) is 0 Å². The van der Waals surface area contributed by atoms with Crippen LogP contribution in [0.15, 0.2) is 164 Å². The van der Waals surface area contributed by atoms with Gasteiger partial charge in [0.05, 0.1) is 33.3 Å². The first-order chi connectivity index (χ1) is 22.8. The molecule has 2 heterocycles. The molecule has 0 amide bonds. The molecule has 0 spiro atoms. The number of nitriles is 1. The van der Waals surface area contributed by atoms with Crippen molar-refractivity contribution in [3.63, 3.8) is 0 Å². The quantitative estimate of drug-likeness (QED) is 0.202. The largest absolute Gasteiger partial charge is 0.309 e. The minimum absolute atomic E-state index is 0.644. The molecule has 7 aromatic carbocycles. The van der Waals surface area contributed by atoms with Gasteiger partial charge in [0, 0.05) is 38.4 Å². The first kappa shape index (κ1) is 26.1. The summed E-state index contributed by atoms with van der Waals surface area (Å²) in [6, 6.07) is 60.1. The summed E-state index contributed by atoms with van der Waals surface area (Å²) in [4.78, 5) is 0. The Morgan fingerprint density at radius 2 is 0.826 bits per heavy atom. The standard InChI is InChI=1S/C43H27N3/c44-28-29-14-4-9-25-39(29)46-41-27-11-8-20-34(41)38-24-13-22-36(43(38)46)32-18-6-5-17-31(32)35-21-12-23-37-33-19-7-10-26-40(33)45(42(35)37)30-15-2-1-3-16-30/h1-27H. The maximum Gasteiger partial charge on any atom is 0.101 e. The van der Waals surface area contributed by atoms with E-state index in [1.807, 2.05) is 24.3 Å². The summed E-state index contributed by atoms with van der Waals surface area (Å²) in [5.41, 5.74) is 11.8. The van der Waals surface area contributed by atoms with Crippen molar-refractivity contribution in [2.75, 3.05) is 0 Å². The Kier molecular flexibility index (Phi) is 5.88. The maximum absolute atomic E-state index is 10.2. The minimum Gasteiger partial charge on any atom is -0.309 e. The van der Waals surface area contributed by atoms with Gasteiger partial charge in [0.15, 0.2) is 0 Å². The Hall–Kier alpha value is -6.37. The highest BCUT2D eigenvalue weighted by Crippen LogP contribution is 2.44. The average Bonchev–Trinajstić information content (AvgIpc) is 3.65. The Labute approximate surface area is 266 Å². The van der Waals surface area contributed by atoms with Crippen molar-refractivity contribution < 1.29 is 0 Å². The summed E-state index contributed by atoms with van der Waals surface area (Å²) in [5, 5.41) is 14.9. The van der Waals surface area contributed by atoms with Gasteiger partial charge in [-0.2, -0.15) is 5.26 Å². The molecule has 46 heavy (non-hydrogen) atoms. The molecule has 0 fully saturated rings. The smallest absolute Gasteiger partial charge is 0.101 e. The predicted molar refractivity (Wildman–Crippen MR) is 191 cm³/mol. The average molecular weight is 586 g/mol. The summed E-state index contributed by atoms with van der Waals surface area (Å²) < 4.78 is 4.67. The molecular formula is C43H27N3. The zero-order chi connectivity index (χ0) is 30.6. The summed E-state index contributed by atoms with van der Waals surface area (Å²) in [6.45, 7) is 0. The number of nitrogens with zero attached hydrogens (tertiary/aromatic N) is 3. The Morgan fingerprint density at radius 3 is 1.46 bits per heavy atom. The molecule has 2 aromatic heterocycles. The number of hydrogen-bond acceptors (Lipinski definition) is 1. The fourth-order valence-electron chi connectivity index (χ4n) is 7.28. The summed E-state index contributed by atoms with van der Waals surface area (Å²) in [5.74, 6) is 0. The lowest BCUT2D eigenvalue weighted by Crippen LogP contribution is -1.99. The highest BCUT2D eigenvalue weighted by molar-refractivity contribution is 6.17. The van der Waals surface area contributed by atoms with Crippen molar-refractivity contribution in [3.05, 3.63) is 169 Å². The van der Waals surface area contributed by atoms with Crippen LogP contribution < -0.4 is 0 Å². The first-order valence-electron chi connectivity index (χ1n) is 15.5. The lowest BCUT2D eigenvalue weighted by Gasteiger charge is -2.17. The SMILES string of the molecule is N#Cc1ccccc1-n1c2ccccc2c2cccc(-c3ccccc3-c3cccc4c5ccccc5n(-c5ccccc5)c34)c21. The molecule has 3 heteroatoms. The summed E-state index contributed by atoms with van der Waals surface area (Å²) in [7, 11) is 0. The lowest BCUT2D eigenvalue weighted by atomic mass is 9.92. The minimum atomic E-state index is 0.644. The Morgan fingerprint density at radius 1 is 0.370 bits per heavy atom. The third kappa shape index (κ3) is 3.78. The molecule has 0 unspecified atom stereocenters. The molecule has 0 bridgehead atoms. The van der Waals surface area contributed by atoms with E-state index in [-0.39, 0.29) is 0 Å². The normalized spacial score (nSPS) is 11.5. The highest BCUT2D eigenvalue weighted by atomic mass is 15.0. The monoisotopic (exact) mass is 585 g/mol. The number of hydrogen-bond donors (Lipinski definition) is 0. The van der Waals surface area contributed by atoms with Gasteiger partial charge >= 0.3 is 0 Å². The van der Waals surface area contributed by atoms with E-state index >= 15 is 0 Å². The van der Waals surface area contributed by atoms with Crippen LogP contribution >= 0.6 is 0 Å². The molecule has 0 aliphatic rings. The number of benzene rings is 7. The maximum atomic E-state index is 10.2. The molecule has 0 aliphatic carbocycles. The molecule has 0 saturated carbocycles. The fourth-order valence-corrected chi connectivity index (χ4v) is 7.28. The third-order valence-electron chi connectivity index (χ3n) is 9.18. The second-order valence-electron chi connectivity index (χ2n) is 11.6. The van der Waals surface area contributed by atoms with Crippen LogP contribution in [-0.2, 0) is 0 Å². The fraction of sp³-hybridized carbons (Fsp3) is 0. The van der Waals surface area contributed by atoms with E-state index in [4.69, 9.17) is 0 Å². The van der Waals surface area contributed by atoms with Gasteiger partial charge in [-0.25, -0.2) is 0 Å². The predicted octanol–water partition coefficient (Wildman–Crippen LogP) is 11.1. The van der Waals surface area contributed by atoms with Crippen molar-refractivity contribution in [2.45, 2.75) is 0 Å². The van der Waals surface area contributed by atoms with Gasteiger partial charge in [-0.15, -0.1) is 0 Å². The number of aromatic nitrogens is 2. The number of rotatable bonds is 4. The van der Waals surface area contributed by atoms with Crippen LogP contribution in [0.5, 0.6) is 0 Å². The summed E-state index contributed by atoms with van der Waals surface area (Å²) in [6.07, 6.45) is 0. The molecule has 0 aliphatic heterocycles. The van der Waals surface area contributed by atoms with Crippen molar-refractivity contribution >= 4 is 43.6 Å². The lowest BCUT2D eigenvalue weighted by molar-refractivity contribution is 1.17. The van der Waals surface area contributed by atoms with Crippen LogP contribution in [0.2, 0.25) is 0 Å². The Bertz CT molecular complexity index is 2650. The van der Waals surface area contributed by atoms with E-state index < -0.39 is 0 Å². The molecule has 214 valence electrons. The van der Waals surface area contributed by atoms with Gasteiger partial charge in [0.25, 0.3) is 0 Å². The molecule has 0 atom stereocenters. The van der Waals surface area contributed by atoms with Gasteiger partial charge in [0.2, 0.25) is 0 Å². The zero-order valence-corrected chi connectivity index (χ0v) is 24.9. The second kappa shape index (κ2) is 10.4. The van der Waals surface area contributed by atoms with Crippen LogP contribution in [-0.4, -0.2) is 9.13 Å². The molecule has 3 nitrogen and oxygen atoms in total. The van der Waals surface area contributed by atoms with Crippen molar-refractivity contribution in [3.8, 4) is 39.7 Å². The summed E-state index contributed by atoms with van der Waals surface area (Å²) >= 11 is 0. The van der Waals surface area contributed by atoms with Crippen molar-refractivity contribution in [2.24, 2.45) is 0 Å². The molecule has 0 N–H and O–H groups in total. The second-order valence-corrected chi connectivity index (χ2v) is 11.6. The van der Waals surface area contributed by atoms with E-state index in [1.54, 1.807) is 0 Å². The molecule has 0 radical (unpaired) electrons. The molecule has 9 rings (SSSR count). The van der Waals surface area contributed by atoms with E-state index in [0.717, 1.165) is 49.9 Å². The van der Waals surface area contributed by atoms with Gasteiger partial charge < -0.3 is 9.13 Å². The first-order valence-corrected chi connectivity index (χ1v) is 15.5. The highest BCUT2D eigenvalue weighted by Gasteiger charge is 2.22. The van der Waals surface area contributed by atoms with Crippen LogP contribution in [0.25, 0.3) is 77.2 Å². The van der Waals surface area contributed by atoms with Gasteiger partial charge in [0.1, 0.15) is 6.07 Å². The molecule has 0 saturated heterocycles. The van der Waals surface area contributed by atoms with Crippen LogP contribution in [0.4, 0.5) is 0 Å². The molecular weight excluding hydrogens is 558 g/mol. The van der Waals surface area contributed by atoms with E-state index in [0.29, 0.717) is 5.56 Å². The van der Waals surface area contributed by atoms with Gasteiger partial charge in [-0.1, -0.05) is 127 Å². The third-order valence-corrected chi connectivity index (χ3v) is 9.18. The van der Waals surface area contributed by atoms with Gasteiger partial charge in [-0.05, 0) is 47.5 Å². The van der Waals surface area contributed by atoms with E-state index in [1.165, 1.54) is 27.4 Å².